The van der Waals surface area contributed by atoms with Crippen molar-refractivity contribution < 1.29 is 57.6 Å². The van der Waals surface area contributed by atoms with Crippen LogP contribution in [0, 0.1) is 62.6 Å². The standard InChI is InChI=1S/C20H21BrO6.C20H22O6/c1-17-11(22)4-6-20(27-16(17)25)10-3-5-18(9-21)8-19(10,7-12(18)23)13(14(17)20)15(24)26-2;1-10-8-18-9-19(10,24)6-4-11(18)20-7-5-12(21)17(2,16(23)26-20)14(20)13(18)15(22)25-3/h4,6,10,13-14H,3,5,7-9H2,1-2H3;5,7,11,13-14,24H,1,4,6,8-9H2,2-3H3/t10-,13-,14-,17-,18+,19-,20-;11-,13-,14-,17-,18+,19+,20-/m11/s1. The van der Waals surface area contributed by atoms with Crippen molar-refractivity contribution in [3.63, 3.8) is 0 Å². The van der Waals surface area contributed by atoms with Crippen LogP contribution in [0.4, 0.5) is 0 Å². The van der Waals surface area contributed by atoms with Gasteiger partial charge in [0.25, 0.3) is 0 Å². The maximum absolute atomic E-state index is 13.0. The average Bonchev–Trinajstić information content (AvgIpc) is 3.77. The number of rotatable bonds is 3. The zero-order valence-corrected chi connectivity index (χ0v) is 31.7. The molecule has 2 saturated heterocycles. The van der Waals surface area contributed by atoms with Gasteiger partial charge in [0.05, 0.1) is 31.7 Å². The van der Waals surface area contributed by atoms with Crippen LogP contribution in [0.1, 0.15) is 65.2 Å². The van der Waals surface area contributed by atoms with Crippen molar-refractivity contribution in [2.75, 3.05) is 19.5 Å². The predicted octanol–water partition coefficient (Wildman–Crippen LogP) is 3.31. The second-order valence-corrected chi connectivity index (χ2v) is 18.6. The highest BCUT2D eigenvalue weighted by Crippen LogP contribution is 2.79. The molecule has 53 heavy (non-hydrogen) atoms. The number of methoxy groups -OCH3 is 2. The minimum Gasteiger partial charge on any atom is -0.469 e. The van der Waals surface area contributed by atoms with E-state index in [9.17, 15) is 38.7 Å². The smallest absolute Gasteiger partial charge is 0.321 e. The number of allylic oxidation sites excluding steroid dienone is 2. The monoisotopic (exact) mass is 794 g/mol. The summed E-state index contributed by atoms with van der Waals surface area (Å²) in [7, 11) is 2.65. The Kier molecular flexibility index (Phi) is 6.81. The Morgan fingerprint density at radius 2 is 1.28 bits per heavy atom. The summed E-state index contributed by atoms with van der Waals surface area (Å²) in [5.41, 5.74) is -6.74. The summed E-state index contributed by atoms with van der Waals surface area (Å²) in [5, 5.41) is 11.6. The quantitative estimate of drug-likeness (QED) is 0.145. The SMILES string of the molecule is C=C1C[C@]23C[C@@]1(O)CC[C@H]2[C@@]12C=CC(=O)[C@@](C)(C(=O)O1)[C@H]2[C@@H]3C(=O)OC.COC(=O)[C@H]1[C@@H]2[C@@]3(C)C(=O)C=C[C@@]2(OC3=O)[C@@H]2CC[C@@]3(CBr)C[C@]21CC3=O. The number of alkyl halides is 1. The van der Waals surface area contributed by atoms with Gasteiger partial charge in [-0.05, 0) is 99.5 Å². The van der Waals surface area contributed by atoms with E-state index in [0.717, 1.165) is 5.57 Å². The number of halogens is 1. The Labute approximate surface area is 314 Å². The van der Waals surface area contributed by atoms with Gasteiger partial charge < -0.3 is 24.1 Å². The summed E-state index contributed by atoms with van der Waals surface area (Å²) < 4.78 is 22.1. The number of hydrogen-bond donors (Lipinski definition) is 1. The highest BCUT2D eigenvalue weighted by molar-refractivity contribution is 9.09. The molecule has 8 bridgehead atoms. The summed E-state index contributed by atoms with van der Waals surface area (Å²) in [6.45, 7) is 7.25. The molecule has 6 saturated carbocycles. The predicted molar refractivity (Wildman–Crippen MR) is 184 cm³/mol. The number of hydrogen-bond acceptors (Lipinski definition) is 12. The zero-order valence-electron chi connectivity index (χ0n) is 30.2. The molecule has 1 N–H and O–H groups in total. The number of fused-ring (bicyclic) bond motifs is 2. The third-order valence-electron chi connectivity index (χ3n) is 16.5. The van der Waals surface area contributed by atoms with Crippen molar-refractivity contribution in [3.8, 4) is 0 Å². The highest BCUT2D eigenvalue weighted by atomic mass is 79.9. The Morgan fingerprint density at radius 1 is 0.811 bits per heavy atom. The number of aliphatic hydroxyl groups is 1. The molecule has 0 radical (unpaired) electrons. The van der Waals surface area contributed by atoms with E-state index in [0.29, 0.717) is 50.3 Å². The molecule has 0 aromatic carbocycles. The lowest BCUT2D eigenvalue weighted by molar-refractivity contribution is -0.164. The van der Waals surface area contributed by atoms with Gasteiger partial charge in [-0.3, -0.25) is 33.6 Å². The van der Waals surface area contributed by atoms with Crippen molar-refractivity contribution in [1.29, 1.82) is 0 Å². The molecule has 2 aliphatic heterocycles. The minimum absolute atomic E-state index is 0.140. The highest BCUT2D eigenvalue weighted by Gasteiger charge is 2.86. The molecule has 0 unspecified atom stereocenters. The lowest BCUT2D eigenvalue weighted by atomic mass is 9.60. The molecule has 10 rings (SSSR count). The van der Waals surface area contributed by atoms with Crippen molar-refractivity contribution in [1.82, 2.24) is 0 Å². The van der Waals surface area contributed by atoms with Crippen LogP contribution in [-0.4, -0.2) is 82.7 Å². The van der Waals surface area contributed by atoms with Crippen LogP contribution in [0.3, 0.4) is 0 Å². The van der Waals surface area contributed by atoms with Crippen LogP contribution < -0.4 is 0 Å². The summed E-state index contributed by atoms with van der Waals surface area (Å²) in [6.07, 6.45) is 10.5. The summed E-state index contributed by atoms with van der Waals surface area (Å²) in [5.74, 6) is -5.41. The first-order valence-corrected chi connectivity index (χ1v) is 19.6. The summed E-state index contributed by atoms with van der Waals surface area (Å²) in [4.78, 5) is 90.1. The van der Waals surface area contributed by atoms with Crippen LogP contribution in [0.15, 0.2) is 36.5 Å². The van der Waals surface area contributed by atoms with Crippen LogP contribution in [0.5, 0.6) is 0 Å². The Hall–Kier alpha value is -3.45. The van der Waals surface area contributed by atoms with Crippen molar-refractivity contribution in [2.45, 2.75) is 82.0 Å². The lowest BCUT2D eigenvalue weighted by Gasteiger charge is -2.45. The Balaban J connectivity index is 0.000000141. The second kappa shape index (κ2) is 10.2. The third-order valence-corrected chi connectivity index (χ3v) is 17.6. The van der Waals surface area contributed by atoms with Gasteiger partial charge in [-0.25, -0.2) is 0 Å². The molecular formula is C40H43BrO12. The largest absolute Gasteiger partial charge is 0.469 e. The molecule has 10 aliphatic rings. The molecule has 2 heterocycles. The van der Waals surface area contributed by atoms with Crippen molar-refractivity contribution in [3.05, 3.63) is 36.5 Å². The first-order chi connectivity index (χ1) is 24.9. The number of esters is 4. The van der Waals surface area contributed by atoms with Gasteiger partial charge >= 0.3 is 23.9 Å². The normalized spacial score (nSPS) is 52.6. The fourth-order valence-corrected chi connectivity index (χ4v) is 15.2. The number of ether oxygens (including phenoxy) is 4. The van der Waals surface area contributed by atoms with Gasteiger partial charge in [0.1, 0.15) is 27.8 Å². The molecule has 8 aliphatic carbocycles. The van der Waals surface area contributed by atoms with E-state index in [4.69, 9.17) is 18.9 Å². The van der Waals surface area contributed by atoms with Crippen LogP contribution >= 0.6 is 15.9 Å². The molecule has 8 fully saturated rings. The van der Waals surface area contributed by atoms with Crippen LogP contribution in [-0.2, 0) is 52.5 Å². The summed E-state index contributed by atoms with van der Waals surface area (Å²) >= 11 is 3.52. The second-order valence-electron chi connectivity index (χ2n) is 18.1. The number of carbonyl (C=O) groups is 7. The molecule has 2 spiro atoms. The average molecular weight is 796 g/mol. The first-order valence-electron chi connectivity index (χ1n) is 18.5. The van der Waals surface area contributed by atoms with Gasteiger partial charge in [-0.1, -0.05) is 22.5 Å². The number of ketones is 3. The van der Waals surface area contributed by atoms with Crippen LogP contribution in [0.25, 0.3) is 0 Å². The Morgan fingerprint density at radius 3 is 1.75 bits per heavy atom. The molecule has 0 amide bonds. The molecule has 13 heteroatoms. The van der Waals surface area contributed by atoms with E-state index in [1.54, 1.807) is 26.0 Å². The van der Waals surface area contributed by atoms with Gasteiger partial charge in [0, 0.05) is 40.8 Å². The molecular weight excluding hydrogens is 752 g/mol. The molecule has 14 atom stereocenters. The molecule has 282 valence electrons. The van der Waals surface area contributed by atoms with Gasteiger partial charge in [0.15, 0.2) is 11.6 Å². The zero-order chi connectivity index (χ0) is 38.1. The Bertz CT molecular complexity index is 1950. The molecule has 0 aromatic rings. The van der Waals surface area contributed by atoms with Gasteiger partial charge in [-0.2, -0.15) is 0 Å². The van der Waals surface area contributed by atoms with E-state index in [-0.39, 0.29) is 35.6 Å². The number of carbonyl (C=O) groups excluding carboxylic acids is 7. The first kappa shape index (κ1) is 35.3. The van der Waals surface area contributed by atoms with E-state index in [1.807, 2.05) is 0 Å². The van der Waals surface area contributed by atoms with Crippen LogP contribution in [0.2, 0.25) is 0 Å². The fraction of sp³-hybridized carbons (Fsp3) is 0.675. The summed E-state index contributed by atoms with van der Waals surface area (Å²) in [6, 6.07) is 0. The lowest BCUT2D eigenvalue weighted by Crippen LogP contribution is -2.49. The van der Waals surface area contributed by atoms with E-state index in [2.05, 4.69) is 22.5 Å². The maximum Gasteiger partial charge on any atom is 0.321 e. The minimum atomic E-state index is -1.40. The van der Waals surface area contributed by atoms with Gasteiger partial charge in [0.2, 0.25) is 0 Å². The van der Waals surface area contributed by atoms with E-state index in [1.165, 1.54) is 26.4 Å². The fourth-order valence-electron chi connectivity index (χ4n) is 14.4. The van der Waals surface area contributed by atoms with E-state index >= 15 is 0 Å². The van der Waals surface area contributed by atoms with Crippen molar-refractivity contribution in [2.24, 2.45) is 62.6 Å². The van der Waals surface area contributed by atoms with Crippen molar-refractivity contribution >= 4 is 57.2 Å². The maximum atomic E-state index is 13.0. The number of Topliss-reactive ketones (excluding diaryl/α,β-unsaturated/α-hetero) is 1. The molecule has 0 aromatic heterocycles. The third kappa shape index (κ3) is 3.57. The molecule has 12 nitrogen and oxygen atoms in total. The van der Waals surface area contributed by atoms with E-state index < -0.39 is 91.4 Å². The topological polar surface area (TPSA) is 177 Å². The van der Waals surface area contributed by atoms with Gasteiger partial charge in [-0.15, -0.1) is 0 Å².